The number of urea groups is 1. The van der Waals surface area contributed by atoms with Gasteiger partial charge in [0.1, 0.15) is 5.54 Å². The molecule has 26 heavy (non-hydrogen) atoms. The zero-order chi connectivity index (χ0) is 18.3. The van der Waals surface area contributed by atoms with Crippen molar-refractivity contribution >= 4 is 17.9 Å². The molecule has 0 radical (unpaired) electrons. The number of benzene rings is 2. The minimum Gasteiger partial charge on any atom is -0.465 e. The van der Waals surface area contributed by atoms with Gasteiger partial charge in [0.15, 0.2) is 0 Å². The average Bonchev–Trinajstić information content (AvgIpc) is 3.15. The van der Waals surface area contributed by atoms with Crippen LogP contribution in [0.15, 0.2) is 48.5 Å². The van der Waals surface area contributed by atoms with Crippen LogP contribution in [0.4, 0.5) is 4.79 Å². The summed E-state index contributed by atoms with van der Waals surface area (Å²) < 4.78 is 4.72. The normalized spacial score (nSPS) is 21.0. The first-order valence-corrected chi connectivity index (χ1v) is 8.45. The monoisotopic (exact) mass is 350 g/mol. The van der Waals surface area contributed by atoms with Gasteiger partial charge in [-0.2, -0.15) is 0 Å². The fourth-order valence-corrected chi connectivity index (χ4v) is 3.83. The molecule has 6 nitrogen and oxygen atoms in total. The summed E-state index contributed by atoms with van der Waals surface area (Å²) in [7, 11) is 1.31. The molecule has 1 N–H and O–H groups in total. The molecule has 1 aliphatic carbocycles. The van der Waals surface area contributed by atoms with Gasteiger partial charge in [0.05, 0.1) is 19.2 Å². The maximum atomic E-state index is 13.1. The first-order chi connectivity index (χ1) is 12.5. The number of methoxy groups -OCH3 is 1. The zero-order valence-electron chi connectivity index (χ0n) is 14.3. The Balaban J connectivity index is 1.63. The van der Waals surface area contributed by atoms with Gasteiger partial charge < -0.3 is 10.1 Å². The van der Waals surface area contributed by atoms with E-state index in [9.17, 15) is 14.4 Å². The third-order valence-electron chi connectivity index (χ3n) is 5.11. The lowest BCUT2D eigenvalue weighted by Crippen LogP contribution is -2.41. The predicted octanol–water partition coefficient (Wildman–Crippen LogP) is 2.37. The molecule has 0 saturated carbocycles. The molecule has 1 aliphatic heterocycles. The van der Waals surface area contributed by atoms with E-state index in [4.69, 9.17) is 4.74 Å². The Labute approximate surface area is 150 Å². The maximum absolute atomic E-state index is 13.1. The molecule has 1 heterocycles. The van der Waals surface area contributed by atoms with Crippen LogP contribution in [-0.2, 0) is 28.0 Å². The standard InChI is InChI=1S/C20H18N2O4/c1-26-17(23)15-7-4-5-13(11-15)12-22-18(24)20(21-19(22)25)10-9-14-6-2-3-8-16(14)20/h2-8,11H,9-10,12H2,1H3,(H,21,25)/t20-/m0/s1. The van der Waals surface area contributed by atoms with Crippen LogP contribution >= 0.6 is 0 Å². The topological polar surface area (TPSA) is 75.7 Å². The highest BCUT2D eigenvalue weighted by molar-refractivity contribution is 6.08. The average molecular weight is 350 g/mol. The van der Waals surface area contributed by atoms with E-state index in [1.807, 2.05) is 24.3 Å². The highest BCUT2D eigenvalue weighted by Gasteiger charge is 2.55. The van der Waals surface area contributed by atoms with Crippen LogP contribution in [0.1, 0.15) is 33.5 Å². The molecular formula is C20H18N2O4. The smallest absolute Gasteiger partial charge is 0.337 e. The summed E-state index contributed by atoms with van der Waals surface area (Å²) in [6.45, 7) is 0.111. The summed E-state index contributed by atoms with van der Waals surface area (Å²) in [5, 5.41) is 2.90. The number of aryl methyl sites for hydroxylation is 1. The van der Waals surface area contributed by atoms with Crippen LogP contribution < -0.4 is 5.32 Å². The van der Waals surface area contributed by atoms with Crippen molar-refractivity contribution in [2.45, 2.75) is 24.9 Å². The van der Waals surface area contributed by atoms with E-state index < -0.39 is 17.5 Å². The van der Waals surface area contributed by atoms with E-state index in [1.165, 1.54) is 12.0 Å². The molecule has 132 valence electrons. The second kappa shape index (κ2) is 5.98. The number of carbonyl (C=O) groups is 3. The summed E-state index contributed by atoms with van der Waals surface area (Å²) in [6.07, 6.45) is 1.32. The van der Waals surface area contributed by atoms with Crippen molar-refractivity contribution in [2.75, 3.05) is 7.11 Å². The summed E-state index contributed by atoms with van der Waals surface area (Å²) in [4.78, 5) is 38.6. The molecule has 3 amide bonds. The molecule has 2 aromatic carbocycles. The van der Waals surface area contributed by atoms with Crippen molar-refractivity contribution in [3.8, 4) is 0 Å². The molecule has 2 aromatic rings. The fraction of sp³-hybridized carbons (Fsp3) is 0.250. The Morgan fingerprint density at radius 1 is 1.19 bits per heavy atom. The molecule has 0 aromatic heterocycles. The Morgan fingerprint density at radius 3 is 2.81 bits per heavy atom. The van der Waals surface area contributed by atoms with Gasteiger partial charge >= 0.3 is 12.0 Å². The molecule has 1 saturated heterocycles. The maximum Gasteiger partial charge on any atom is 0.337 e. The minimum atomic E-state index is -0.965. The van der Waals surface area contributed by atoms with Gasteiger partial charge in [-0.05, 0) is 41.7 Å². The Morgan fingerprint density at radius 2 is 2.00 bits per heavy atom. The molecule has 1 spiro atoms. The van der Waals surface area contributed by atoms with Gasteiger partial charge in [0.2, 0.25) is 0 Å². The van der Waals surface area contributed by atoms with Crippen molar-refractivity contribution in [3.05, 3.63) is 70.8 Å². The van der Waals surface area contributed by atoms with Crippen LogP contribution in [0.3, 0.4) is 0 Å². The molecule has 1 fully saturated rings. The summed E-state index contributed by atoms with van der Waals surface area (Å²) >= 11 is 0. The summed E-state index contributed by atoms with van der Waals surface area (Å²) in [6, 6.07) is 14.1. The number of esters is 1. The Kier molecular flexibility index (Phi) is 3.76. The van der Waals surface area contributed by atoms with E-state index in [0.29, 0.717) is 17.5 Å². The third-order valence-corrected chi connectivity index (χ3v) is 5.11. The number of rotatable bonds is 3. The van der Waals surface area contributed by atoms with Crippen LogP contribution in [0.2, 0.25) is 0 Å². The summed E-state index contributed by atoms with van der Waals surface area (Å²) in [5.74, 6) is -0.693. The molecule has 0 unspecified atom stereocenters. The van der Waals surface area contributed by atoms with Gasteiger partial charge in [0.25, 0.3) is 5.91 Å². The molecule has 2 aliphatic rings. The van der Waals surface area contributed by atoms with E-state index in [0.717, 1.165) is 17.5 Å². The first kappa shape index (κ1) is 16.3. The van der Waals surface area contributed by atoms with Crippen LogP contribution in [0.5, 0.6) is 0 Å². The minimum absolute atomic E-state index is 0.111. The van der Waals surface area contributed by atoms with E-state index in [1.54, 1.807) is 24.3 Å². The quantitative estimate of drug-likeness (QED) is 0.681. The van der Waals surface area contributed by atoms with Crippen LogP contribution in [0, 0.1) is 0 Å². The predicted molar refractivity (Wildman–Crippen MR) is 93.3 cm³/mol. The Hall–Kier alpha value is -3.15. The number of nitrogens with one attached hydrogen (secondary N) is 1. The SMILES string of the molecule is COC(=O)c1cccc(CN2C(=O)N[C@]3(CCc4ccccc43)C2=O)c1. The van der Waals surface area contributed by atoms with Gasteiger partial charge in [0, 0.05) is 0 Å². The van der Waals surface area contributed by atoms with Crippen molar-refractivity contribution in [1.82, 2.24) is 10.2 Å². The van der Waals surface area contributed by atoms with Gasteiger partial charge in [-0.3, -0.25) is 9.69 Å². The first-order valence-electron chi connectivity index (χ1n) is 8.45. The lowest BCUT2D eigenvalue weighted by atomic mass is 9.92. The van der Waals surface area contributed by atoms with Gasteiger partial charge in [-0.25, -0.2) is 9.59 Å². The second-order valence-electron chi connectivity index (χ2n) is 6.58. The number of amides is 3. The van der Waals surface area contributed by atoms with E-state index in [2.05, 4.69) is 5.32 Å². The van der Waals surface area contributed by atoms with Crippen LogP contribution in [-0.4, -0.2) is 29.9 Å². The highest BCUT2D eigenvalue weighted by Crippen LogP contribution is 2.41. The number of hydrogen-bond acceptors (Lipinski definition) is 4. The number of ether oxygens (including phenoxy) is 1. The lowest BCUT2D eigenvalue weighted by Gasteiger charge is -2.22. The molecule has 6 heteroatoms. The second-order valence-corrected chi connectivity index (χ2v) is 6.58. The Bertz CT molecular complexity index is 924. The molecule has 1 atom stereocenters. The largest absolute Gasteiger partial charge is 0.465 e. The molecule has 4 rings (SSSR count). The van der Waals surface area contributed by atoms with Crippen molar-refractivity contribution in [3.63, 3.8) is 0 Å². The van der Waals surface area contributed by atoms with Gasteiger partial charge in [-0.1, -0.05) is 36.4 Å². The van der Waals surface area contributed by atoms with Gasteiger partial charge in [-0.15, -0.1) is 0 Å². The van der Waals surface area contributed by atoms with Crippen LogP contribution in [0.25, 0.3) is 0 Å². The highest BCUT2D eigenvalue weighted by atomic mass is 16.5. The molecular weight excluding hydrogens is 332 g/mol. The van der Waals surface area contributed by atoms with Crippen molar-refractivity contribution < 1.29 is 19.1 Å². The van der Waals surface area contributed by atoms with E-state index >= 15 is 0 Å². The lowest BCUT2D eigenvalue weighted by molar-refractivity contribution is -0.132. The third kappa shape index (κ3) is 2.37. The number of hydrogen-bond donors (Lipinski definition) is 1. The molecule has 0 bridgehead atoms. The number of imide groups is 1. The number of nitrogens with zero attached hydrogens (tertiary/aromatic N) is 1. The number of carbonyl (C=O) groups excluding carboxylic acids is 3. The zero-order valence-corrected chi connectivity index (χ0v) is 14.3. The van der Waals surface area contributed by atoms with Crippen molar-refractivity contribution in [2.24, 2.45) is 0 Å². The van der Waals surface area contributed by atoms with E-state index in [-0.39, 0.29) is 12.5 Å². The fourth-order valence-electron chi connectivity index (χ4n) is 3.83. The number of fused-ring (bicyclic) bond motifs is 2. The van der Waals surface area contributed by atoms with Crippen molar-refractivity contribution in [1.29, 1.82) is 0 Å². The summed E-state index contributed by atoms with van der Waals surface area (Å²) in [5.41, 5.74) is 2.09.